The summed E-state index contributed by atoms with van der Waals surface area (Å²) in [5.74, 6) is 0. The van der Waals surface area contributed by atoms with E-state index in [9.17, 15) is 13.2 Å². The average molecular weight is 481 g/mol. The van der Waals surface area contributed by atoms with Crippen LogP contribution < -0.4 is 5.32 Å². The molecule has 9 nitrogen and oxygen atoms in total. The van der Waals surface area contributed by atoms with Crippen molar-refractivity contribution in [1.82, 2.24) is 29.3 Å². The number of aromatic nitrogens is 3. The molecule has 1 aromatic heterocycles. The number of carbonyl (C=O) groups excluding carboxylic acids is 1. The lowest BCUT2D eigenvalue weighted by Crippen LogP contribution is -2.53. The third-order valence-corrected chi connectivity index (χ3v) is 8.54. The van der Waals surface area contributed by atoms with Gasteiger partial charge in [-0.2, -0.15) is 9.40 Å². The number of rotatable bonds is 5. The molecule has 2 amide bonds. The van der Waals surface area contributed by atoms with Crippen molar-refractivity contribution in [2.24, 2.45) is 0 Å². The number of hydrogen-bond donors (Lipinski definition) is 1. The summed E-state index contributed by atoms with van der Waals surface area (Å²) in [5.41, 5.74) is 4.25. The highest BCUT2D eigenvalue weighted by Gasteiger charge is 2.31. The van der Waals surface area contributed by atoms with Gasteiger partial charge in [-0.3, -0.25) is 0 Å². The standard InChI is InChI=1S/C24H28N6O3S/c1-18(19-5-8-22(9-6-19)30-17-25-16-26-30)27-24(31)28-11-13-29(14-12-28)34(32,33)23-10-7-20-3-2-4-21(20)15-23/h5-10,15-18H,2-4,11-14H2,1H3,(H,27,31). The van der Waals surface area contributed by atoms with Crippen molar-refractivity contribution in [3.63, 3.8) is 0 Å². The minimum absolute atomic E-state index is 0.189. The monoisotopic (exact) mass is 480 g/mol. The van der Waals surface area contributed by atoms with Crippen LogP contribution in [0.5, 0.6) is 0 Å². The first-order valence-electron chi connectivity index (χ1n) is 11.5. The van der Waals surface area contributed by atoms with E-state index < -0.39 is 10.0 Å². The van der Waals surface area contributed by atoms with Gasteiger partial charge in [0.25, 0.3) is 0 Å². The smallest absolute Gasteiger partial charge is 0.317 e. The number of nitrogens with one attached hydrogen (secondary N) is 1. The third-order valence-electron chi connectivity index (χ3n) is 6.65. The zero-order chi connectivity index (χ0) is 23.7. The van der Waals surface area contributed by atoms with Crippen molar-refractivity contribution in [1.29, 1.82) is 0 Å². The van der Waals surface area contributed by atoms with Gasteiger partial charge in [-0.05, 0) is 67.1 Å². The highest BCUT2D eigenvalue weighted by molar-refractivity contribution is 7.89. The molecular formula is C24H28N6O3S. The Bertz CT molecular complexity index is 1270. The fourth-order valence-corrected chi connectivity index (χ4v) is 6.08. The number of fused-ring (bicyclic) bond motifs is 1. The van der Waals surface area contributed by atoms with Gasteiger partial charge < -0.3 is 10.2 Å². The largest absolute Gasteiger partial charge is 0.331 e. The normalized spacial score (nSPS) is 17.4. The average Bonchev–Trinajstić information content (AvgIpc) is 3.56. The second-order valence-electron chi connectivity index (χ2n) is 8.78. The van der Waals surface area contributed by atoms with Crippen molar-refractivity contribution < 1.29 is 13.2 Å². The van der Waals surface area contributed by atoms with Crippen LogP contribution in [0.4, 0.5) is 4.79 Å². The van der Waals surface area contributed by atoms with Crippen LogP contribution in [-0.4, -0.2) is 64.6 Å². The molecule has 2 aromatic carbocycles. The maximum Gasteiger partial charge on any atom is 0.317 e. The SMILES string of the molecule is CC(NC(=O)N1CCN(S(=O)(=O)c2ccc3c(c2)CCC3)CC1)c1ccc(-n2cncn2)cc1. The second-order valence-corrected chi connectivity index (χ2v) is 10.7. The summed E-state index contributed by atoms with van der Waals surface area (Å²) in [6, 6.07) is 12.9. The minimum atomic E-state index is -3.56. The Hall–Kier alpha value is -3.24. The summed E-state index contributed by atoms with van der Waals surface area (Å²) < 4.78 is 29.4. The number of amides is 2. The zero-order valence-electron chi connectivity index (χ0n) is 19.1. The molecule has 1 unspecified atom stereocenters. The van der Waals surface area contributed by atoms with Crippen molar-refractivity contribution in [2.45, 2.75) is 37.1 Å². The van der Waals surface area contributed by atoms with Crippen LogP contribution in [0.25, 0.3) is 5.69 Å². The summed E-state index contributed by atoms with van der Waals surface area (Å²) >= 11 is 0. The fourth-order valence-electron chi connectivity index (χ4n) is 4.61. The molecular weight excluding hydrogens is 452 g/mol. The van der Waals surface area contributed by atoms with Gasteiger partial charge in [-0.1, -0.05) is 18.2 Å². The molecule has 2 heterocycles. The molecule has 1 atom stereocenters. The van der Waals surface area contributed by atoms with E-state index in [-0.39, 0.29) is 25.2 Å². The lowest BCUT2D eigenvalue weighted by Gasteiger charge is -2.34. The Balaban J connectivity index is 1.17. The number of hydrogen-bond acceptors (Lipinski definition) is 5. The van der Waals surface area contributed by atoms with Gasteiger partial charge in [0, 0.05) is 26.2 Å². The van der Waals surface area contributed by atoms with E-state index in [1.54, 1.807) is 22.0 Å². The predicted molar refractivity (Wildman–Crippen MR) is 127 cm³/mol. The number of aryl methyl sites for hydroxylation is 2. The summed E-state index contributed by atoms with van der Waals surface area (Å²) in [5, 5.41) is 7.13. The Kier molecular flexibility index (Phi) is 6.09. The highest BCUT2D eigenvalue weighted by Crippen LogP contribution is 2.27. The van der Waals surface area contributed by atoms with Crippen molar-refractivity contribution in [3.05, 3.63) is 71.8 Å². The minimum Gasteiger partial charge on any atom is -0.331 e. The van der Waals surface area contributed by atoms with Crippen molar-refractivity contribution >= 4 is 16.1 Å². The maximum absolute atomic E-state index is 13.1. The molecule has 1 N–H and O–H groups in total. The van der Waals surface area contributed by atoms with Crippen LogP contribution in [0.2, 0.25) is 0 Å². The molecule has 10 heteroatoms. The lowest BCUT2D eigenvalue weighted by molar-refractivity contribution is 0.169. The van der Waals surface area contributed by atoms with Crippen LogP contribution in [0.1, 0.15) is 36.1 Å². The highest BCUT2D eigenvalue weighted by atomic mass is 32.2. The van der Waals surface area contributed by atoms with Gasteiger partial charge in [0.05, 0.1) is 16.6 Å². The van der Waals surface area contributed by atoms with Gasteiger partial charge in [-0.25, -0.2) is 22.9 Å². The quantitative estimate of drug-likeness (QED) is 0.605. The molecule has 0 spiro atoms. The van der Waals surface area contributed by atoms with Crippen LogP contribution >= 0.6 is 0 Å². The maximum atomic E-state index is 13.1. The number of carbonyl (C=O) groups is 1. The molecule has 0 saturated carbocycles. The molecule has 0 bridgehead atoms. The molecule has 1 aliphatic heterocycles. The van der Waals surface area contributed by atoms with Gasteiger partial charge in [0.1, 0.15) is 12.7 Å². The predicted octanol–water partition coefficient (Wildman–Crippen LogP) is 2.53. The topological polar surface area (TPSA) is 100 Å². The zero-order valence-corrected chi connectivity index (χ0v) is 19.9. The van der Waals surface area contributed by atoms with E-state index in [0.29, 0.717) is 18.0 Å². The number of piperazine rings is 1. The fraction of sp³-hybridized carbons (Fsp3) is 0.375. The number of nitrogens with zero attached hydrogens (tertiary/aromatic N) is 5. The van der Waals surface area contributed by atoms with E-state index in [2.05, 4.69) is 15.4 Å². The van der Waals surface area contributed by atoms with Crippen molar-refractivity contribution in [3.8, 4) is 5.69 Å². The van der Waals surface area contributed by atoms with Gasteiger partial charge >= 0.3 is 6.03 Å². The first-order chi connectivity index (χ1) is 16.4. The van der Waals surface area contributed by atoms with Crippen LogP contribution in [-0.2, 0) is 22.9 Å². The molecule has 1 saturated heterocycles. The molecule has 0 radical (unpaired) electrons. The molecule has 3 aromatic rings. The molecule has 34 heavy (non-hydrogen) atoms. The Morgan fingerprint density at radius 1 is 1.00 bits per heavy atom. The first-order valence-corrected chi connectivity index (χ1v) is 13.0. The van der Waals surface area contributed by atoms with E-state index in [0.717, 1.165) is 36.1 Å². The van der Waals surface area contributed by atoms with Crippen LogP contribution in [0, 0.1) is 0 Å². The second kappa shape index (κ2) is 9.19. The van der Waals surface area contributed by atoms with E-state index in [1.165, 1.54) is 16.2 Å². The van der Waals surface area contributed by atoms with Gasteiger partial charge in [-0.15, -0.1) is 0 Å². The number of urea groups is 1. The van der Waals surface area contributed by atoms with Gasteiger partial charge in [0.15, 0.2) is 0 Å². The van der Waals surface area contributed by atoms with Crippen LogP contribution in [0.3, 0.4) is 0 Å². The first kappa shape index (κ1) is 22.5. The Labute approximate surface area is 199 Å². The third kappa shape index (κ3) is 4.43. The van der Waals surface area contributed by atoms with Crippen LogP contribution in [0.15, 0.2) is 60.0 Å². The molecule has 5 rings (SSSR count). The summed E-state index contributed by atoms with van der Waals surface area (Å²) in [6.07, 6.45) is 6.15. The molecule has 2 aliphatic rings. The van der Waals surface area contributed by atoms with Gasteiger partial charge in [0.2, 0.25) is 10.0 Å². The van der Waals surface area contributed by atoms with E-state index >= 15 is 0 Å². The summed E-state index contributed by atoms with van der Waals surface area (Å²) in [6.45, 7) is 3.21. The molecule has 1 fully saturated rings. The number of benzene rings is 2. The Morgan fingerprint density at radius 3 is 2.44 bits per heavy atom. The molecule has 1 aliphatic carbocycles. The van der Waals surface area contributed by atoms with E-state index in [4.69, 9.17) is 0 Å². The molecule has 178 valence electrons. The number of sulfonamides is 1. The van der Waals surface area contributed by atoms with E-state index in [1.807, 2.05) is 43.3 Å². The Morgan fingerprint density at radius 2 is 1.74 bits per heavy atom. The summed E-state index contributed by atoms with van der Waals surface area (Å²) in [7, 11) is -3.56. The lowest BCUT2D eigenvalue weighted by atomic mass is 10.1. The van der Waals surface area contributed by atoms with Crippen molar-refractivity contribution in [2.75, 3.05) is 26.2 Å². The summed E-state index contributed by atoms with van der Waals surface area (Å²) in [4.78, 5) is 18.8.